The van der Waals surface area contributed by atoms with Crippen LogP contribution in [0.3, 0.4) is 0 Å². The molecule has 1 aromatic rings. The van der Waals surface area contributed by atoms with Crippen LogP contribution >= 0.6 is 0 Å². The van der Waals surface area contributed by atoms with E-state index in [1.807, 2.05) is 0 Å². The van der Waals surface area contributed by atoms with Crippen LogP contribution in [0.2, 0.25) is 0 Å². The van der Waals surface area contributed by atoms with E-state index in [2.05, 4.69) is 5.32 Å². The first-order valence-corrected chi connectivity index (χ1v) is 6.29. The van der Waals surface area contributed by atoms with Gasteiger partial charge in [0.25, 0.3) is 5.92 Å². The number of hydrogen-bond acceptors (Lipinski definition) is 2. The lowest BCUT2D eigenvalue weighted by molar-refractivity contribution is -0.116. The minimum absolute atomic E-state index is 0.0437. The first-order chi connectivity index (χ1) is 8.78. The number of rotatable bonds is 3. The average molecular weight is 268 g/mol. The zero-order chi connectivity index (χ0) is 14.3. The molecule has 3 nitrogen and oxygen atoms in total. The zero-order valence-electron chi connectivity index (χ0n) is 11.1. The van der Waals surface area contributed by atoms with Crippen LogP contribution in [0.5, 0.6) is 0 Å². The lowest BCUT2D eigenvalue weighted by Gasteiger charge is -2.33. The van der Waals surface area contributed by atoms with E-state index in [1.54, 1.807) is 6.07 Å². The summed E-state index contributed by atoms with van der Waals surface area (Å²) in [7, 11) is 0. The Hall–Kier alpha value is -1.49. The highest BCUT2D eigenvalue weighted by Crippen LogP contribution is 2.45. The number of carbonyl (C=O) groups is 1. The SMILES string of the molecule is CC(C)(CN)C(F)(F)c1ccc2c(c1)CCC(=O)N2. The van der Waals surface area contributed by atoms with Gasteiger partial charge in [0.2, 0.25) is 5.91 Å². The minimum Gasteiger partial charge on any atom is -0.330 e. The second-order valence-corrected chi connectivity index (χ2v) is 5.58. The quantitative estimate of drug-likeness (QED) is 0.885. The van der Waals surface area contributed by atoms with E-state index in [0.29, 0.717) is 18.5 Å². The number of nitrogens with one attached hydrogen (secondary N) is 1. The third-order valence-corrected chi connectivity index (χ3v) is 3.72. The van der Waals surface area contributed by atoms with Gasteiger partial charge in [-0.1, -0.05) is 19.9 Å². The molecule has 1 heterocycles. The smallest absolute Gasteiger partial charge is 0.279 e. The fourth-order valence-electron chi connectivity index (χ4n) is 2.10. The van der Waals surface area contributed by atoms with Gasteiger partial charge in [-0.25, -0.2) is 8.78 Å². The normalized spacial score (nSPS) is 15.9. The molecule has 0 radical (unpaired) electrons. The molecule has 19 heavy (non-hydrogen) atoms. The van der Waals surface area contributed by atoms with Crippen molar-refractivity contribution in [3.05, 3.63) is 29.3 Å². The summed E-state index contributed by atoms with van der Waals surface area (Å²) >= 11 is 0. The Balaban J connectivity index is 2.40. The summed E-state index contributed by atoms with van der Waals surface area (Å²) in [6.07, 6.45) is 0.830. The van der Waals surface area contributed by atoms with Gasteiger partial charge in [0.15, 0.2) is 0 Å². The molecule has 0 saturated carbocycles. The van der Waals surface area contributed by atoms with Crippen molar-refractivity contribution in [1.82, 2.24) is 0 Å². The molecular weight excluding hydrogens is 250 g/mol. The fraction of sp³-hybridized carbons (Fsp3) is 0.500. The Kier molecular flexibility index (Phi) is 3.34. The number of benzene rings is 1. The Morgan fingerprint density at radius 1 is 1.32 bits per heavy atom. The Bertz CT molecular complexity index is 512. The molecule has 0 bridgehead atoms. The van der Waals surface area contributed by atoms with Crippen LogP contribution in [-0.2, 0) is 17.1 Å². The van der Waals surface area contributed by atoms with Crippen LogP contribution in [0.25, 0.3) is 0 Å². The molecule has 104 valence electrons. The maximum Gasteiger partial charge on any atom is 0.279 e. The van der Waals surface area contributed by atoms with Gasteiger partial charge in [0.1, 0.15) is 0 Å². The lowest BCUT2D eigenvalue weighted by atomic mass is 9.81. The number of fused-ring (bicyclic) bond motifs is 1. The largest absolute Gasteiger partial charge is 0.330 e. The molecule has 0 saturated heterocycles. The first-order valence-electron chi connectivity index (χ1n) is 6.29. The molecule has 1 aliphatic rings. The van der Waals surface area contributed by atoms with Gasteiger partial charge in [-0.3, -0.25) is 4.79 Å². The molecule has 5 heteroatoms. The van der Waals surface area contributed by atoms with Crippen LogP contribution in [0.15, 0.2) is 18.2 Å². The van der Waals surface area contributed by atoms with E-state index < -0.39 is 11.3 Å². The predicted octanol–water partition coefficient (Wildman–Crippen LogP) is 2.65. The Labute approximate surface area is 111 Å². The molecule has 0 unspecified atom stereocenters. The fourth-order valence-corrected chi connectivity index (χ4v) is 2.10. The van der Waals surface area contributed by atoms with Gasteiger partial charge in [-0.15, -0.1) is 0 Å². The van der Waals surface area contributed by atoms with Crippen molar-refractivity contribution in [2.75, 3.05) is 11.9 Å². The van der Waals surface area contributed by atoms with E-state index in [1.165, 1.54) is 26.0 Å². The van der Waals surface area contributed by atoms with Crippen molar-refractivity contribution < 1.29 is 13.6 Å². The average Bonchev–Trinajstić information content (AvgIpc) is 2.37. The Morgan fingerprint density at radius 3 is 2.63 bits per heavy atom. The van der Waals surface area contributed by atoms with E-state index >= 15 is 0 Å². The molecule has 0 fully saturated rings. The van der Waals surface area contributed by atoms with E-state index in [0.717, 1.165) is 5.56 Å². The molecule has 1 amide bonds. The second kappa shape index (κ2) is 4.56. The van der Waals surface area contributed by atoms with E-state index in [-0.39, 0.29) is 18.0 Å². The van der Waals surface area contributed by atoms with Crippen molar-refractivity contribution >= 4 is 11.6 Å². The van der Waals surface area contributed by atoms with Crippen LogP contribution in [0, 0.1) is 5.41 Å². The summed E-state index contributed by atoms with van der Waals surface area (Å²) in [6.45, 7) is 2.80. The van der Waals surface area contributed by atoms with Gasteiger partial charge in [-0.05, 0) is 24.1 Å². The van der Waals surface area contributed by atoms with E-state index in [9.17, 15) is 13.6 Å². The number of amides is 1. The minimum atomic E-state index is -3.00. The molecule has 0 spiro atoms. The van der Waals surface area contributed by atoms with Crippen LogP contribution in [-0.4, -0.2) is 12.5 Å². The number of nitrogens with two attached hydrogens (primary N) is 1. The third-order valence-electron chi connectivity index (χ3n) is 3.72. The highest BCUT2D eigenvalue weighted by Gasteiger charge is 2.47. The second-order valence-electron chi connectivity index (χ2n) is 5.58. The number of halogens is 2. The first kappa shape index (κ1) is 13.9. The summed E-state index contributed by atoms with van der Waals surface area (Å²) in [5, 5.41) is 2.68. The summed E-state index contributed by atoms with van der Waals surface area (Å²) in [5.74, 6) is -3.08. The van der Waals surface area contributed by atoms with Crippen molar-refractivity contribution in [1.29, 1.82) is 0 Å². The van der Waals surface area contributed by atoms with Gasteiger partial charge in [-0.2, -0.15) is 0 Å². The number of alkyl halides is 2. The molecule has 3 N–H and O–H groups in total. The summed E-state index contributed by atoms with van der Waals surface area (Å²) < 4.78 is 28.8. The van der Waals surface area contributed by atoms with Crippen LogP contribution < -0.4 is 11.1 Å². The van der Waals surface area contributed by atoms with Gasteiger partial charge >= 0.3 is 0 Å². The maximum absolute atomic E-state index is 14.4. The molecule has 1 aliphatic heterocycles. The maximum atomic E-state index is 14.4. The number of anilines is 1. The lowest BCUT2D eigenvalue weighted by Crippen LogP contribution is -2.40. The highest BCUT2D eigenvalue weighted by atomic mass is 19.3. The summed E-state index contributed by atoms with van der Waals surface area (Å²) in [6, 6.07) is 4.39. The van der Waals surface area contributed by atoms with Gasteiger partial charge in [0, 0.05) is 29.6 Å². The summed E-state index contributed by atoms with van der Waals surface area (Å²) in [5.41, 5.74) is 5.48. The molecule has 0 atom stereocenters. The van der Waals surface area contributed by atoms with Crippen molar-refractivity contribution in [2.45, 2.75) is 32.6 Å². The molecule has 1 aromatic carbocycles. The van der Waals surface area contributed by atoms with Crippen LogP contribution in [0.1, 0.15) is 31.4 Å². The van der Waals surface area contributed by atoms with Crippen molar-refractivity contribution in [3.8, 4) is 0 Å². The number of carbonyl (C=O) groups excluding carboxylic acids is 1. The topological polar surface area (TPSA) is 55.1 Å². The van der Waals surface area contributed by atoms with Crippen molar-refractivity contribution in [3.63, 3.8) is 0 Å². The van der Waals surface area contributed by atoms with E-state index in [4.69, 9.17) is 5.73 Å². The van der Waals surface area contributed by atoms with Crippen molar-refractivity contribution in [2.24, 2.45) is 11.1 Å². The standard InChI is InChI=1S/C14H18F2N2O/c1-13(2,8-17)14(15,16)10-4-5-11-9(7-10)3-6-12(19)18-11/h4-5,7H,3,6,8,17H2,1-2H3,(H,18,19). The number of aryl methyl sites for hydroxylation is 1. The van der Waals surface area contributed by atoms with Crippen LogP contribution in [0.4, 0.5) is 14.5 Å². The van der Waals surface area contributed by atoms with Gasteiger partial charge in [0.05, 0.1) is 0 Å². The monoisotopic (exact) mass is 268 g/mol. The molecule has 2 rings (SSSR count). The Morgan fingerprint density at radius 2 is 2.00 bits per heavy atom. The third kappa shape index (κ3) is 2.34. The van der Waals surface area contributed by atoms with Gasteiger partial charge < -0.3 is 11.1 Å². The highest BCUT2D eigenvalue weighted by molar-refractivity contribution is 5.93. The predicted molar refractivity (Wildman–Crippen MR) is 70.1 cm³/mol. The zero-order valence-corrected chi connectivity index (χ0v) is 11.1. The molecule has 0 aliphatic carbocycles. The number of hydrogen-bond donors (Lipinski definition) is 2. The molecule has 0 aromatic heterocycles. The molecular formula is C14H18F2N2O. The summed E-state index contributed by atoms with van der Waals surface area (Å²) in [4.78, 5) is 11.2.